The molecule has 0 aromatic carbocycles. The van der Waals surface area contributed by atoms with Gasteiger partial charge in [-0.1, -0.05) is 6.07 Å². The highest BCUT2D eigenvalue weighted by atomic mass is 16.2. The number of nitrogens with zero attached hydrogens (tertiary/aromatic N) is 2. The van der Waals surface area contributed by atoms with Crippen LogP contribution in [0, 0.1) is 12.8 Å². The molecule has 0 radical (unpaired) electrons. The molecule has 0 saturated carbocycles. The van der Waals surface area contributed by atoms with Gasteiger partial charge in [0.15, 0.2) is 0 Å². The number of aromatic nitrogens is 1. The van der Waals surface area contributed by atoms with Crippen LogP contribution in [0.4, 0.5) is 5.82 Å². The number of nitrogens with two attached hydrogens (primary N) is 1. The van der Waals surface area contributed by atoms with Crippen LogP contribution in [-0.4, -0.2) is 40.8 Å². The Labute approximate surface area is 131 Å². The van der Waals surface area contributed by atoms with E-state index in [9.17, 15) is 9.59 Å². The second kappa shape index (κ2) is 7.35. The van der Waals surface area contributed by atoms with Gasteiger partial charge in [0, 0.05) is 37.7 Å². The van der Waals surface area contributed by atoms with Crippen LogP contribution in [0.5, 0.6) is 0 Å². The molecule has 1 saturated heterocycles. The smallest absolute Gasteiger partial charge is 0.228 e. The molecule has 2 rings (SSSR count). The molecule has 0 bridgehead atoms. The van der Waals surface area contributed by atoms with Gasteiger partial charge in [0.05, 0.1) is 0 Å². The van der Waals surface area contributed by atoms with Crippen molar-refractivity contribution in [2.24, 2.45) is 11.7 Å². The molecule has 1 unspecified atom stereocenters. The van der Waals surface area contributed by atoms with Crippen LogP contribution >= 0.6 is 0 Å². The standard InChI is InChI=1S/C16H24N4O2/c1-11-3-4-14(18-10-11)19-16(22)13-5-7-20(8-6-13)15(21)9-12(2)17/h3-4,10,12-13H,5-9,17H2,1-2H3,(H,18,19,22). The first-order chi connectivity index (χ1) is 10.5. The van der Waals surface area contributed by atoms with Crippen molar-refractivity contribution in [1.29, 1.82) is 0 Å². The van der Waals surface area contributed by atoms with Crippen molar-refractivity contribution in [1.82, 2.24) is 9.88 Å². The van der Waals surface area contributed by atoms with Crippen LogP contribution in [0.15, 0.2) is 18.3 Å². The normalized spacial score (nSPS) is 17.1. The number of likely N-dealkylation sites (tertiary alicyclic amines) is 1. The highest BCUT2D eigenvalue weighted by Gasteiger charge is 2.27. The van der Waals surface area contributed by atoms with E-state index in [0.29, 0.717) is 38.2 Å². The highest BCUT2D eigenvalue weighted by molar-refractivity contribution is 5.91. The molecule has 1 fully saturated rings. The average Bonchev–Trinajstić information content (AvgIpc) is 2.49. The second-order valence-electron chi connectivity index (χ2n) is 6.05. The minimum absolute atomic E-state index is 0.0179. The molecule has 0 spiro atoms. The zero-order valence-electron chi connectivity index (χ0n) is 13.2. The van der Waals surface area contributed by atoms with Gasteiger partial charge in [0.25, 0.3) is 0 Å². The van der Waals surface area contributed by atoms with E-state index in [1.165, 1.54) is 0 Å². The Morgan fingerprint density at radius 3 is 2.64 bits per heavy atom. The molecule has 1 aromatic heterocycles. The third-order valence-corrected chi connectivity index (χ3v) is 3.88. The first kappa shape index (κ1) is 16.4. The summed E-state index contributed by atoms with van der Waals surface area (Å²) in [6.45, 7) is 5.01. The van der Waals surface area contributed by atoms with Crippen LogP contribution in [0.3, 0.4) is 0 Å². The SMILES string of the molecule is Cc1ccc(NC(=O)C2CCN(C(=O)CC(C)N)CC2)nc1. The minimum atomic E-state index is -0.124. The number of amides is 2. The number of aryl methyl sites for hydroxylation is 1. The molecule has 1 atom stereocenters. The fraction of sp³-hybridized carbons (Fsp3) is 0.562. The van der Waals surface area contributed by atoms with Crippen molar-refractivity contribution in [3.05, 3.63) is 23.9 Å². The summed E-state index contributed by atoms with van der Waals surface area (Å²) in [7, 11) is 0. The van der Waals surface area contributed by atoms with E-state index in [0.717, 1.165) is 5.56 Å². The van der Waals surface area contributed by atoms with E-state index in [1.54, 1.807) is 17.2 Å². The lowest BCUT2D eigenvalue weighted by Crippen LogP contribution is -2.42. The van der Waals surface area contributed by atoms with Crippen LogP contribution in [0.25, 0.3) is 0 Å². The number of hydrogen-bond acceptors (Lipinski definition) is 4. The summed E-state index contributed by atoms with van der Waals surface area (Å²) in [5.74, 6) is 0.568. The summed E-state index contributed by atoms with van der Waals surface area (Å²) in [5.41, 5.74) is 6.71. The topological polar surface area (TPSA) is 88.3 Å². The third-order valence-electron chi connectivity index (χ3n) is 3.88. The number of hydrogen-bond donors (Lipinski definition) is 2. The van der Waals surface area contributed by atoms with Gasteiger partial charge < -0.3 is 16.0 Å². The molecular formula is C16H24N4O2. The molecule has 6 nitrogen and oxygen atoms in total. The van der Waals surface area contributed by atoms with Crippen LogP contribution in [0.1, 0.15) is 31.7 Å². The lowest BCUT2D eigenvalue weighted by molar-refractivity contribution is -0.134. The molecule has 2 amide bonds. The second-order valence-corrected chi connectivity index (χ2v) is 6.05. The average molecular weight is 304 g/mol. The summed E-state index contributed by atoms with van der Waals surface area (Å²) < 4.78 is 0. The molecule has 6 heteroatoms. The van der Waals surface area contributed by atoms with Crippen LogP contribution < -0.4 is 11.1 Å². The summed E-state index contributed by atoms with van der Waals surface area (Å²) in [4.78, 5) is 30.2. The Morgan fingerprint density at radius 1 is 1.41 bits per heavy atom. The highest BCUT2D eigenvalue weighted by Crippen LogP contribution is 2.19. The molecule has 1 aromatic rings. The summed E-state index contributed by atoms with van der Waals surface area (Å²) in [5, 5.41) is 2.84. The number of anilines is 1. The molecule has 3 N–H and O–H groups in total. The van der Waals surface area contributed by atoms with Gasteiger partial charge in [0.1, 0.15) is 5.82 Å². The van der Waals surface area contributed by atoms with Gasteiger partial charge in [0.2, 0.25) is 11.8 Å². The number of carbonyl (C=O) groups excluding carboxylic acids is 2. The Bertz CT molecular complexity index is 519. The maximum absolute atomic E-state index is 12.2. The maximum atomic E-state index is 12.2. The third kappa shape index (κ3) is 4.53. The first-order valence-electron chi connectivity index (χ1n) is 7.72. The molecule has 0 aliphatic carbocycles. The molecule has 120 valence electrons. The fourth-order valence-electron chi connectivity index (χ4n) is 2.57. The molecule has 1 aliphatic heterocycles. The van der Waals surface area contributed by atoms with Gasteiger partial charge in [-0.25, -0.2) is 4.98 Å². The maximum Gasteiger partial charge on any atom is 0.228 e. The largest absolute Gasteiger partial charge is 0.343 e. The Balaban J connectivity index is 1.82. The van der Waals surface area contributed by atoms with E-state index in [1.807, 2.05) is 19.9 Å². The summed E-state index contributed by atoms with van der Waals surface area (Å²) >= 11 is 0. The Morgan fingerprint density at radius 2 is 2.09 bits per heavy atom. The van der Waals surface area contributed by atoms with Crippen molar-refractivity contribution >= 4 is 17.6 Å². The van der Waals surface area contributed by atoms with Gasteiger partial charge in [-0.05, 0) is 38.3 Å². The van der Waals surface area contributed by atoms with E-state index < -0.39 is 0 Å². The van der Waals surface area contributed by atoms with Gasteiger partial charge in [-0.15, -0.1) is 0 Å². The van der Waals surface area contributed by atoms with E-state index >= 15 is 0 Å². The minimum Gasteiger partial charge on any atom is -0.343 e. The van der Waals surface area contributed by atoms with Crippen molar-refractivity contribution in [3.63, 3.8) is 0 Å². The number of piperidine rings is 1. The van der Waals surface area contributed by atoms with Crippen LogP contribution in [0.2, 0.25) is 0 Å². The van der Waals surface area contributed by atoms with E-state index in [4.69, 9.17) is 5.73 Å². The zero-order valence-corrected chi connectivity index (χ0v) is 13.2. The zero-order chi connectivity index (χ0) is 16.1. The molecule has 1 aliphatic rings. The van der Waals surface area contributed by atoms with Crippen LogP contribution in [-0.2, 0) is 9.59 Å². The Kier molecular flexibility index (Phi) is 5.49. The first-order valence-corrected chi connectivity index (χ1v) is 7.72. The summed E-state index contributed by atoms with van der Waals surface area (Å²) in [6.07, 6.45) is 3.46. The fourth-order valence-corrected chi connectivity index (χ4v) is 2.57. The lowest BCUT2D eigenvalue weighted by Gasteiger charge is -2.31. The van der Waals surface area contributed by atoms with Crippen molar-refractivity contribution in [2.75, 3.05) is 18.4 Å². The quantitative estimate of drug-likeness (QED) is 0.877. The van der Waals surface area contributed by atoms with E-state index in [-0.39, 0.29) is 23.8 Å². The van der Waals surface area contributed by atoms with Gasteiger partial charge >= 0.3 is 0 Å². The van der Waals surface area contributed by atoms with Crippen molar-refractivity contribution < 1.29 is 9.59 Å². The number of pyridine rings is 1. The Hall–Kier alpha value is -1.95. The van der Waals surface area contributed by atoms with Gasteiger partial charge in [-0.2, -0.15) is 0 Å². The number of carbonyl (C=O) groups is 2. The van der Waals surface area contributed by atoms with Gasteiger partial charge in [-0.3, -0.25) is 9.59 Å². The number of rotatable bonds is 4. The molecular weight excluding hydrogens is 280 g/mol. The van der Waals surface area contributed by atoms with E-state index in [2.05, 4.69) is 10.3 Å². The lowest BCUT2D eigenvalue weighted by atomic mass is 9.95. The monoisotopic (exact) mass is 304 g/mol. The predicted octanol–water partition coefficient (Wildman–Crippen LogP) is 1.30. The molecule has 22 heavy (non-hydrogen) atoms. The number of nitrogens with one attached hydrogen (secondary N) is 1. The predicted molar refractivity (Wildman–Crippen MR) is 85.2 cm³/mol. The molecule has 2 heterocycles. The van der Waals surface area contributed by atoms with Crippen molar-refractivity contribution in [2.45, 2.75) is 39.2 Å². The van der Waals surface area contributed by atoms with Crippen molar-refractivity contribution in [3.8, 4) is 0 Å². The summed E-state index contributed by atoms with van der Waals surface area (Å²) in [6, 6.07) is 3.59.